The van der Waals surface area contributed by atoms with Crippen molar-refractivity contribution >= 4 is 27.7 Å². The van der Waals surface area contributed by atoms with Crippen LogP contribution in [0.4, 0.5) is 5.82 Å². The van der Waals surface area contributed by atoms with Gasteiger partial charge in [-0.2, -0.15) is 5.26 Å². The summed E-state index contributed by atoms with van der Waals surface area (Å²) in [5.41, 5.74) is 0.504. The second-order valence-corrected chi connectivity index (χ2v) is 5.21. The van der Waals surface area contributed by atoms with Gasteiger partial charge >= 0.3 is 0 Å². The van der Waals surface area contributed by atoms with Crippen molar-refractivity contribution in [3.63, 3.8) is 0 Å². The van der Waals surface area contributed by atoms with Gasteiger partial charge in [-0.25, -0.2) is 4.98 Å². The van der Waals surface area contributed by atoms with Crippen molar-refractivity contribution < 1.29 is 4.79 Å². The van der Waals surface area contributed by atoms with E-state index < -0.39 is 0 Å². The van der Waals surface area contributed by atoms with Gasteiger partial charge in [0.15, 0.2) is 0 Å². The van der Waals surface area contributed by atoms with Crippen LogP contribution in [0.2, 0.25) is 0 Å². The van der Waals surface area contributed by atoms with Crippen LogP contribution in [0, 0.1) is 17.2 Å². The molecule has 1 amide bonds. The third-order valence-corrected chi connectivity index (χ3v) is 2.98. The fraction of sp³-hybridized carbons (Fsp3) is 0.462. The molecular formula is C13H17BrN4O. The van der Waals surface area contributed by atoms with Crippen LogP contribution in [-0.2, 0) is 0 Å². The number of pyridine rings is 1. The van der Waals surface area contributed by atoms with Gasteiger partial charge in [-0.3, -0.25) is 4.79 Å². The molecule has 0 aromatic carbocycles. The Bertz CT molecular complexity index is 498. The third kappa shape index (κ3) is 4.21. The van der Waals surface area contributed by atoms with Gasteiger partial charge in [-0.15, -0.1) is 0 Å². The lowest BCUT2D eigenvalue weighted by Gasteiger charge is -2.20. The maximum Gasteiger partial charge on any atom is 0.257 e. The standard InChI is InChI=1S/C13H17BrN4O/c1-4-16-12-11(5-10(14)7-17-12)13(19)18(3)8-9(2)6-15/h5,7,9H,4,8H2,1-3H3,(H,16,17). The summed E-state index contributed by atoms with van der Waals surface area (Å²) < 4.78 is 0.749. The van der Waals surface area contributed by atoms with Crippen molar-refractivity contribution in [3.8, 4) is 6.07 Å². The number of hydrogen-bond acceptors (Lipinski definition) is 4. The number of carbonyl (C=O) groups excluding carboxylic acids is 1. The molecule has 5 nitrogen and oxygen atoms in total. The van der Waals surface area contributed by atoms with E-state index in [1.807, 2.05) is 6.92 Å². The molecule has 19 heavy (non-hydrogen) atoms. The highest BCUT2D eigenvalue weighted by atomic mass is 79.9. The molecule has 0 aliphatic carbocycles. The van der Waals surface area contributed by atoms with Crippen molar-refractivity contribution in [1.29, 1.82) is 5.26 Å². The monoisotopic (exact) mass is 324 g/mol. The van der Waals surface area contributed by atoms with E-state index in [4.69, 9.17) is 5.26 Å². The minimum atomic E-state index is -0.198. The van der Waals surface area contributed by atoms with E-state index in [1.54, 1.807) is 26.2 Å². The van der Waals surface area contributed by atoms with E-state index >= 15 is 0 Å². The number of halogens is 1. The van der Waals surface area contributed by atoms with Crippen LogP contribution in [-0.4, -0.2) is 35.9 Å². The maximum absolute atomic E-state index is 12.4. The molecule has 1 atom stereocenters. The second kappa shape index (κ2) is 7.10. The Balaban J connectivity index is 2.97. The zero-order chi connectivity index (χ0) is 14.4. The Morgan fingerprint density at radius 1 is 1.68 bits per heavy atom. The number of hydrogen-bond donors (Lipinski definition) is 1. The highest BCUT2D eigenvalue weighted by Gasteiger charge is 2.18. The Hall–Kier alpha value is -1.61. The number of nitriles is 1. The Morgan fingerprint density at radius 2 is 2.37 bits per heavy atom. The summed E-state index contributed by atoms with van der Waals surface area (Å²) in [6.07, 6.45) is 1.65. The van der Waals surface area contributed by atoms with Crippen LogP contribution in [0.3, 0.4) is 0 Å². The second-order valence-electron chi connectivity index (χ2n) is 4.30. The molecule has 0 fully saturated rings. The molecule has 1 N–H and O–H groups in total. The van der Waals surface area contributed by atoms with Gasteiger partial charge in [0.25, 0.3) is 5.91 Å². The Morgan fingerprint density at radius 3 is 2.95 bits per heavy atom. The van der Waals surface area contributed by atoms with Crippen LogP contribution in [0.5, 0.6) is 0 Å². The van der Waals surface area contributed by atoms with Crippen molar-refractivity contribution in [2.45, 2.75) is 13.8 Å². The lowest BCUT2D eigenvalue weighted by Crippen LogP contribution is -2.31. The number of nitrogens with one attached hydrogen (secondary N) is 1. The van der Waals surface area contributed by atoms with E-state index in [2.05, 4.69) is 32.3 Å². The van der Waals surface area contributed by atoms with Crippen molar-refractivity contribution in [3.05, 3.63) is 22.3 Å². The summed E-state index contributed by atoms with van der Waals surface area (Å²) >= 11 is 3.32. The zero-order valence-corrected chi connectivity index (χ0v) is 12.9. The van der Waals surface area contributed by atoms with Gasteiger partial charge < -0.3 is 10.2 Å². The highest BCUT2D eigenvalue weighted by molar-refractivity contribution is 9.10. The molecule has 0 bridgehead atoms. The van der Waals surface area contributed by atoms with Crippen LogP contribution < -0.4 is 5.32 Å². The molecule has 0 radical (unpaired) electrons. The fourth-order valence-corrected chi connectivity index (χ4v) is 1.98. The van der Waals surface area contributed by atoms with Gasteiger partial charge in [0, 0.05) is 30.8 Å². The van der Waals surface area contributed by atoms with E-state index in [0.717, 1.165) is 4.47 Å². The SMILES string of the molecule is CCNc1ncc(Br)cc1C(=O)N(C)CC(C)C#N. The lowest BCUT2D eigenvalue weighted by molar-refractivity contribution is 0.0785. The quantitative estimate of drug-likeness (QED) is 0.903. The number of amides is 1. The predicted molar refractivity (Wildman–Crippen MR) is 77.8 cm³/mol. The molecule has 6 heteroatoms. The lowest BCUT2D eigenvalue weighted by atomic mass is 10.1. The summed E-state index contributed by atoms with van der Waals surface area (Å²) in [6, 6.07) is 3.86. The number of rotatable bonds is 5. The van der Waals surface area contributed by atoms with Crippen molar-refractivity contribution in [2.75, 3.05) is 25.5 Å². The predicted octanol–water partition coefficient (Wildman–Crippen LogP) is 2.51. The smallest absolute Gasteiger partial charge is 0.257 e. The minimum Gasteiger partial charge on any atom is -0.370 e. The van der Waals surface area contributed by atoms with Crippen LogP contribution in [0.1, 0.15) is 24.2 Å². The van der Waals surface area contributed by atoms with Crippen LogP contribution in [0.15, 0.2) is 16.7 Å². The highest BCUT2D eigenvalue weighted by Crippen LogP contribution is 2.19. The van der Waals surface area contributed by atoms with Crippen molar-refractivity contribution in [1.82, 2.24) is 9.88 Å². The molecule has 0 saturated carbocycles. The number of carbonyl (C=O) groups is 1. The van der Waals surface area contributed by atoms with Gasteiger partial charge in [0.05, 0.1) is 17.6 Å². The number of anilines is 1. The molecule has 0 aliphatic heterocycles. The average molecular weight is 325 g/mol. The fourth-order valence-electron chi connectivity index (χ4n) is 1.65. The molecule has 102 valence electrons. The van der Waals surface area contributed by atoms with E-state index in [9.17, 15) is 4.79 Å². The number of nitrogens with zero attached hydrogens (tertiary/aromatic N) is 3. The van der Waals surface area contributed by atoms with Crippen LogP contribution in [0.25, 0.3) is 0 Å². The third-order valence-electron chi connectivity index (χ3n) is 2.54. The topological polar surface area (TPSA) is 69.0 Å². The van der Waals surface area contributed by atoms with Gasteiger partial charge in [0.1, 0.15) is 5.82 Å². The summed E-state index contributed by atoms with van der Waals surface area (Å²) in [5, 5.41) is 11.9. The van der Waals surface area contributed by atoms with Crippen LogP contribution >= 0.6 is 15.9 Å². The normalized spacial score (nSPS) is 11.5. The molecule has 1 aromatic rings. The summed E-state index contributed by atoms with van der Waals surface area (Å²) in [6.45, 7) is 4.81. The maximum atomic E-state index is 12.4. The molecule has 1 unspecified atom stereocenters. The van der Waals surface area contributed by atoms with Gasteiger partial charge in [-0.1, -0.05) is 0 Å². The first kappa shape index (κ1) is 15.4. The molecule has 1 heterocycles. The molecule has 0 saturated heterocycles. The molecule has 1 rings (SSSR count). The first-order valence-electron chi connectivity index (χ1n) is 6.04. The average Bonchev–Trinajstić information content (AvgIpc) is 2.39. The summed E-state index contributed by atoms with van der Waals surface area (Å²) in [4.78, 5) is 18.1. The minimum absolute atomic E-state index is 0.146. The summed E-state index contributed by atoms with van der Waals surface area (Å²) in [5.74, 6) is 0.218. The zero-order valence-electron chi connectivity index (χ0n) is 11.3. The van der Waals surface area contributed by atoms with E-state index in [-0.39, 0.29) is 11.8 Å². The van der Waals surface area contributed by atoms with E-state index in [0.29, 0.717) is 24.5 Å². The van der Waals surface area contributed by atoms with Gasteiger partial charge in [0.2, 0.25) is 0 Å². The first-order chi connectivity index (χ1) is 8.99. The Labute approximate surface area is 121 Å². The summed E-state index contributed by atoms with van der Waals surface area (Å²) in [7, 11) is 1.69. The number of aromatic nitrogens is 1. The molecule has 0 aliphatic rings. The Kier molecular flexibility index (Phi) is 5.77. The molecule has 0 spiro atoms. The largest absolute Gasteiger partial charge is 0.370 e. The van der Waals surface area contributed by atoms with Crippen molar-refractivity contribution in [2.24, 2.45) is 5.92 Å². The molecular weight excluding hydrogens is 308 g/mol. The van der Waals surface area contributed by atoms with E-state index in [1.165, 1.54) is 4.90 Å². The van der Waals surface area contributed by atoms with Gasteiger partial charge in [-0.05, 0) is 35.8 Å². The first-order valence-corrected chi connectivity index (χ1v) is 6.83. The molecule has 1 aromatic heterocycles.